The van der Waals surface area contributed by atoms with E-state index >= 15 is 0 Å². The molecule has 0 saturated carbocycles. The van der Waals surface area contributed by atoms with Crippen molar-refractivity contribution in [2.45, 2.75) is 20.3 Å². The van der Waals surface area contributed by atoms with Gasteiger partial charge in [0.05, 0.1) is 0 Å². The van der Waals surface area contributed by atoms with Gasteiger partial charge in [0.25, 0.3) is 0 Å². The molecule has 0 N–H and O–H groups in total. The van der Waals surface area contributed by atoms with Crippen LogP contribution in [0.25, 0.3) is 0 Å². The van der Waals surface area contributed by atoms with Crippen LogP contribution in [0.4, 0.5) is 14.5 Å². The number of hydrogen-bond donors (Lipinski definition) is 0. The van der Waals surface area contributed by atoms with Crippen molar-refractivity contribution in [2.75, 3.05) is 17.2 Å². The van der Waals surface area contributed by atoms with Gasteiger partial charge in [0.15, 0.2) is 5.12 Å². The van der Waals surface area contributed by atoms with Gasteiger partial charge in [-0.25, -0.2) is 8.78 Å². The van der Waals surface area contributed by atoms with Crippen LogP contribution in [-0.2, 0) is 9.59 Å². The summed E-state index contributed by atoms with van der Waals surface area (Å²) >= 11 is 1.17. The summed E-state index contributed by atoms with van der Waals surface area (Å²) in [6, 6.07) is 2.35. The Morgan fingerprint density at radius 3 is 2.55 bits per heavy atom. The highest BCUT2D eigenvalue weighted by atomic mass is 32.2. The fraction of sp³-hybridized carbons (Fsp3) is 0.429. The molecule has 1 atom stereocenters. The summed E-state index contributed by atoms with van der Waals surface area (Å²) < 4.78 is 27.1. The second-order valence-corrected chi connectivity index (χ2v) is 6.11. The molecule has 3 nitrogen and oxygen atoms in total. The van der Waals surface area contributed by atoms with Crippen molar-refractivity contribution in [3.8, 4) is 0 Å². The van der Waals surface area contributed by atoms with Gasteiger partial charge >= 0.3 is 0 Å². The van der Waals surface area contributed by atoms with Gasteiger partial charge in [-0.15, -0.1) is 0 Å². The van der Waals surface area contributed by atoms with Crippen molar-refractivity contribution in [3.05, 3.63) is 29.3 Å². The van der Waals surface area contributed by atoms with Crippen molar-refractivity contribution in [2.24, 2.45) is 5.92 Å². The smallest absolute Gasteiger partial charge is 0.227 e. The molecule has 1 fully saturated rings. The van der Waals surface area contributed by atoms with Crippen LogP contribution in [0.5, 0.6) is 0 Å². The van der Waals surface area contributed by atoms with Crippen LogP contribution in [0.15, 0.2) is 12.1 Å². The van der Waals surface area contributed by atoms with Crippen LogP contribution in [-0.4, -0.2) is 23.3 Å². The summed E-state index contributed by atoms with van der Waals surface area (Å²) in [5, 5.41) is 0.00308. The maximum Gasteiger partial charge on any atom is 0.227 e. The zero-order valence-corrected chi connectivity index (χ0v) is 12.1. The molecule has 1 amide bonds. The lowest BCUT2D eigenvalue weighted by atomic mass is 10.1. The summed E-state index contributed by atoms with van der Waals surface area (Å²) in [7, 11) is 0. The Kier molecular flexibility index (Phi) is 4.42. The number of anilines is 1. The molecular weight excluding hydrogens is 284 g/mol. The Morgan fingerprint density at radius 1 is 1.40 bits per heavy atom. The summed E-state index contributed by atoms with van der Waals surface area (Å²) in [5.74, 6) is -0.900. The molecular formula is C14H15F2NO2S. The number of benzene rings is 1. The SMILES string of the molecule is CC(=O)SCC1CC(=O)N(c2cc(F)c(C)c(F)c2)C1. The molecule has 0 aromatic heterocycles. The minimum atomic E-state index is -0.658. The van der Waals surface area contributed by atoms with E-state index in [1.165, 1.54) is 42.6 Å². The molecule has 108 valence electrons. The summed E-state index contributed by atoms with van der Waals surface area (Å²) in [4.78, 5) is 24.2. The lowest BCUT2D eigenvalue weighted by Crippen LogP contribution is -2.25. The van der Waals surface area contributed by atoms with Gasteiger partial charge in [-0.05, 0) is 25.0 Å². The van der Waals surface area contributed by atoms with Gasteiger partial charge in [0, 0.05) is 36.9 Å². The van der Waals surface area contributed by atoms with E-state index in [1.54, 1.807) is 0 Å². The molecule has 1 unspecified atom stereocenters. The fourth-order valence-electron chi connectivity index (χ4n) is 2.17. The molecule has 2 rings (SSSR count). The molecule has 1 heterocycles. The maximum atomic E-state index is 13.5. The van der Waals surface area contributed by atoms with Gasteiger partial charge in [-0.1, -0.05) is 11.8 Å². The fourth-order valence-corrected chi connectivity index (χ4v) is 2.86. The number of thioether (sulfide) groups is 1. The maximum absolute atomic E-state index is 13.5. The van der Waals surface area contributed by atoms with Crippen molar-refractivity contribution in [1.29, 1.82) is 0 Å². The number of hydrogen-bond acceptors (Lipinski definition) is 3. The number of rotatable bonds is 3. The first-order chi connectivity index (χ1) is 9.38. The van der Waals surface area contributed by atoms with Crippen molar-refractivity contribution >= 4 is 28.5 Å². The highest BCUT2D eigenvalue weighted by Crippen LogP contribution is 2.29. The van der Waals surface area contributed by atoms with Gasteiger partial charge in [-0.3, -0.25) is 9.59 Å². The van der Waals surface area contributed by atoms with Crippen LogP contribution < -0.4 is 4.90 Å². The van der Waals surface area contributed by atoms with E-state index in [4.69, 9.17) is 0 Å². The molecule has 0 radical (unpaired) electrons. The summed E-state index contributed by atoms with van der Waals surface area (Å²) in [6.45, 7) is 3.22. The van der Waals surface area contributed by atoms with Crippen LogP contribution >= 0.6 is 11.8 Å². The molecule has 1 aromatic carbocycles. The lowest BCUT2D eigenvalue weighted by molar-refractivity contribution is -0.117. The van der Waals surface area contributed by atoms with Crippen LogP contribution in [0.3, 0.4) is 0 Å². The summed E-state index contributed by atoms with van der Waals surface area (Å²) in [5.41, 5.74) is 0.190. The predicted octanol–water partition coefficient (Wildman–Crippen LogP) is 2.91. The van der Waals surface area contributed by atoms with E-state index in [9.17, 15) is 18.4 Å². The molecule has 20 heavy (non-hydrogen) atoms. The molecule has 0 bridgehead atoms. The zero-order chi connectivity index (χ0) is 14.9. The van der Waals surface area contributed by atoms with E-state index in [-0.39, 0.29) is 28.2 Å². The Morgan fingerprint density at radius 2 is 2.00 bits per heavy atom. The molecule has 1 aromatic rings. The van der Waals surface area contributed by atoms with Crippen molar-refractivity contribution in [1.82, 2.24) is 0 Å². The standard InChI is InChI=1S/C14H15F2NO2S/c1-8-12(15)4-11(5-13(8)16)17-6-10(3-14(17)19)7-20-9(2)18/h4-5,10H,3,6-7H2,1-2H3. The highest BCUT2D eigenvalue weighted by molar-refractivity contribution is 8.13. The monoisotopic (exact) mass is 299 g/mol. The predicted molar refractivity (Wildman–Crippen MR) is 74.7 cm³/mol. The van der Waals surface area contributed by atoms with Gasteiger partial charge in [-0.2, -0.15) is 0 Å². The minimum absolute atomic E-state index is 0.00308. The Labute approximate surface area is 120 Å². The number of halogens is 2. The van der Waals surface area contributed by atoms with E-state index < -0.39 is 11.6 Å². The molecule has 6 heteroatoms. The number of nitrogens with zero attached hydrogens (tertiary/aromatic N) is 1. The van der Waals surface area contributed by atoms with E-state index in [0.29, 0.717) is 18.7 Å². The van der Waals surface area contributed by atoms with Gasteiger partial charge in [0.2, 0.25) is 5.91 Å². The molecule has 0 spiro atoms. The Balaban J connectivity index is 2.14. The lowest BCUT2D eigenvalue weighted by Gasteiger charge is -2.17. The average molecular weight is 299 g/mol. The van der Waals surface area contributed by atoms with Crippen molar-refractivity contribution < 1.29 is 18.4 Å². The van der Waals surface area contributed by atoms with E-state index in [0.717, 1.165) is 0 Å². The molecule has 0 aliphatic carbocycles. The normalized spacial score (nSPS) is 18.7. The number of carbonyl (C=O) groups is 2. The topological polar surface area (TPSA) is 37.4 Å². The zero-order valence-electron chi connectivity index (χ0n) is 11.3. The van der Waals surface area contributed by atoms with E-state index in [2.05, 4.69) is 0 Å². The number of carbonyl (C=O) groups excluding carboxylic acids is 2. The largest absolute Gasteiger partial charge is 0.312 e. The number of amides is 1. The first-order valence-corrected chi connectivity index (χ1v) is 7.26. The third-order valence-corrected chi connectivity index (χ3v) is 4.35. The van der Waals surface area contributed by atoms with E-state index in [1.807, 2.05) is 0 Å². The van der Waals surface area contributed by atoms with Crippen LogP contribution in [0.2, 0.25) is 0 Å². The average Bonchev–Trinajstić information content (AvgIpc) is 2.74. The molecule has 1 aliphatic heterocycles. The minimum Gasteiger partial charge on any atom is -0.312 e. The summed E-state index contributed by atoms with van der Waals surface area (Å²) in [6.07, 6.45) is 0.303. The second-order valence-electron chi connectivity index (χ2n) is 4.91. The molecule has 1 saturated heterocycles. The second kappa shape index (κ2) is 5.91. The quantitative estimate of drug-likeness (QED) is 0.861. The molecule has 1 aliphatic rings. The Bertz CT molecular complexity index is 539. The van der Waals surface area contributed by atoms with Crippen LogP contribution in [0, 0.1) is 24.5 Å². The third kappa shape index (κ3) is 3.17. The first-order valence-electron chi connectivity index (χ1n) is 6.28. The van der Waals surface area contributed by atoms with Gasteiger partial charge < -0.3 is 4.90 Å². The third-order valence-electron chi connectivity index (χ3n) is 3.30. The van der Waals surface area contributed by atoms with Crippen LogP contribution in [0.1, 0.15) is 18.9 Å². The van der Waals surface area contributed by atoms with Gasteiger partial charge in [0.1, 0.15) is 11.6 Å². The van der Waals surface area contributed by atoms with Crippen molar-refractivity contribution in [3.63, 3.8) is 0 Å². The first kappa shape index (κ1) is 15.0. The Hall–Kier alpha value is -1.43. The highest BCUT2D eigenvalue weighted by Gasteiger charge is 2.31.